The molecule has 0 aliphatic carbocycles. The Hall–Kier alpha value is -3.96. The molecule has 0 unspecified atom stereocenters. The lowest BCUT2D eigenvalue weighted by atomic mass is 10.0. The number of thiophene rings is 2. The largest absolute Gasteiger partial charge is 0.493 e. The quantitative estimate of drug-likeness (QED) is 0.0843. The summed E-state index contributed by atoms with van der Waals surface area (Å²) in [4.78, 5) is 49.1. The topological polar surface area (TPSA) is 125 Å². The van der Waals surface area contributed by atoms with Crippen LogP contribution in [0.5, 0.6) is 23.0 Å². The van der Waals surface area contributed by atoms with E-state index in [9.17, 15) is 19.2 Å². The maximum atomic E-state index is 12.7. The predicted octanol–water partition coefficient (Wildman–Crippen LogP) is 7.85. The number of methoxy groups -OCH3 is 2. The summed E-state index contributed by atoms with van der Waals surface area (Å²) in [6.07, 6.45) is 2.59. The molecule has 45 heavy (non-hydrogen) atoms. The number of fused-ring (bicyclic) bond motifs is 2. The Morgan fingerprint density at radius 3 is 1.60 bits per heavy atom. The van der Waals surface area contributed by atoms with Crippen molar-refractivity contribution < 1.29 is 43.2 Å². The highest BCUT2D eigenvalue weighted by Crippen LogP contribution is 2.38. The van der Waals surface area contributed by atoms with E-state index in [2.05, 4.69) is 0 Å². The molecule has 0 radical (unpaired) electrons. The van der Waals surface area contributed by atoms with Gasteiger partial charge in [0.05, 0.1) is 43.1 Å². The number of carbonyl (C=O) groups is 4. The summed E-state index contributed by atoms with van der Waals surface area (Å²) in [5.74, 6) is 0.0843. The molecule has 2 aromatic carbocycles. The first-order valence-electron chi connectivity index (χ1n) is 14.8. The molecule has 11 heteroatoms. The molecular weight excluding hydrogens is 616 g/mol. The average molecular weight is 655 g/mol. The van der Waals surface area contributed by atoms with Crippen molar-refractivity contribution in [3.63, 3.8) is 0 Å². The van der Waals surface area contributed by atoms with Gasteiger partial charge in [0.1, 0.15) is 5.78 Å². The van der Waals surface area contributed by atoms with Crippen molar-refractivity contribution in [3.05, 3.63) is 46.2 Å². The van der Waals surface area contributed by atoms with Crippen LogP contribution in [-0.4, -0.2) is 55.9 Å². The highest BCUT2D eigenvalue weighted by atomic mass is 32.1. The number of carboxylic acids is 1. The zero-order chi connectivity index (χ0) is 32.7. The van der Waals surface area contributed by atoms with Gasteiger partial charge in [0.15, 0.2) is 34.6 Å². The molecule has 0 spiro atoms. The van der Waals surface area contributed by atoms with Crippen molar-refractivity contribution >= 4 is 66.2 Å². The number of aliphatic carboxylic acids is 1. The standard InChI is InChI=1S/C34H38O9S2/c1-19(21(3)35)11-24(36)32-16-23-14-28(27(41-5)17-30(23)44-32)42-9-7-6-8-10-43-29-18-31-22(13-26(29)40-4)15-33(45-31)25(37)12-20(2)34(38)39/h13-20H,6-12H2,1-5H3,(H,38,39)/t19-,20-/m0/s1. The molecule has 0 aliphatic rings. The van der Waals surface area contributed by atoms with Crippen molar-refractivity contribution in [2.45, 2.75) is 52.9 Å². The highest BCUT2D eigenvalue weighted by Gasteiger charge is 2.20. The Labute approximate surface area is 270 Å². The third kappa shape index (κ3) is 8.61. The van der Waals surface area contributed by atoms with Crippen LogP contribution in [0.2, 0.25) is 0 Å². The van der Waals surface area contributed by atoms with Crippen molar-refractivity contribution in [3.8, 4) is 23.0 Å². The van der Waals surface area contributed by atoms with Crippen LogP contribution >= 0.6 is 22.7 Å². The smallest absolute Gasteiger partial charge is 0.306 e. The Bertz CT molecular complexity index is 1580. The summed E-state index contributed by atoms with van der Waals surface area (Å²) in [6.45, 7) is 5.75. The first-order chi connectivity index (χ1) is 21.5. The van der Waals surface area contributed by atoms with Crippen LogP contribution in [-0.2, 0) is 9.59 Å². The summed E-state index contributed by atoms with van der Waals surface area (Å²) in [7, 11) is 3.15. The molecule has 4 aromatic rings. The molecular formula is C34H38O9S2. The number of carbonyl (C=O) groups excluding carboxylic acids is 3. The number of benzene rings is 2. The van der Waals surface area contributed by atoms with Gasteiger partial charge in [0.25, 0.3) is 0 Å². The molecule has 4 rings (SSSR count). The zero-order valence-electron chi connectivity index (χ0n) is 26.1. The Kier molecular flexibility index (Phi) is 11.6. The predicted molar refractivity (Wildman–Crippen MR) is 176 cm³/mol. The highest BCUT2D eigenvalue weighted by molar-refractivity contribution is 7.21. The van der Waals surface area contributed by atoms with Gasteiger partial charge in [0.2, 0.25) is 0 Å². The van der Waals surface area contributed by atoms with Crippen molar-refractivity contribution in [1.29, 1.82) is 0 Å². The van der Waals surface area contributed by atoms with Crippen LogP contribution in [0.15, 0.2) is 36.4 Å². The van der Waals surface area contributed by atoms with Gasteiger partial charge in [0, 0.05) is 40.3 Å². The number of ether oxygens (including phenoxy) is 4. The van der Waals surface area contributed by atoms with Gasteiger partial charge < -0.3 is 24.1 Å². The number of hydrogen-bond donors (Lipinski definition) is 1. The van der Waals surface area contributed by atoms with Crippen LogP contribution in [0.4, 0.5) is 0 Å². The lowest BCUT2D eigenvalue weighted by molar-refractivity contribution is -0.141. The molecule has 2 heterocycles. The Morgan fingerprint density at radius 1 is 0.667 bits per heavy atom. The molecule has 0 bridgehead atoms. The lowest BCUT2D eigenvalue weighted by Gasteiger charge is -2.12. The third-order valence-corrected chi connectivity index (χ3v) is 9.84. The minimum Gasteiger partial charge on any atom is -0.493 e. The van der Waals surface area contributed by atoms with Gasteiger partial charge >= 0.3 is 5.97 Å². The molecule has 0 fully saturated rings. The van der Waals surface area contributed by atoms with Gasteiger partial charge in [-0.05, 0) is 61.2 Å². The average Bonchev–Trinajstić information content (AvgIpc) is 3.63. The first-order valence-corrected chi connectivity index (χ1v) is 16.4. The van der Waals surface area contributed by atoms with E-state index in [0.717, 1.165) is 39.4 Å². The van der Waals surface area contributed by atoms with Crippen LogP contribution in [0.3, 0.4) is 0 Å². The van der Waals surface area contributed by atoms with E-state index >= 15 is 0 Å². The molecule has 9 nitrogen and oxygen atoms in total. The molecule has 2 atom stereocenters. The Morgan fingerprint density at radius 2 is 1.11 bits per heavy atom. The summed E-state index contributed by atoms with van der Waals surface area (Å²) >= 11 is 2.70. The van der Waals surface area contributed by atoms with Gasteiger partial charge in [-0.25, -0.2) is 0 Å². The van der Waals surface area contributed by atoms with Crippen molar-refractivity contribution in [2.75, 3.05) is 27.4 Å². The van der Waals surface area contributed by atoms with Crippen molar-refractivity contribution in [1.82, 2.24) is 0 Å². The van der Waals surface area contributed by atoms with E-state index in [0.29, 0.717) is 46.0 Å². The van der Waals surface area contributed by atoms with Crippen molar-refractivity contribution in [2.24, 2.45) is 11.8 Å². The molecule has 240 valence electrons. The minimum absolute atomic E-state index is 0.00265. The second-order valence-electron chi connectivity index (χ2n) is 11.1. The lowest BCUT2D eigenvalue weighted by Crippen LogP contribution is -2.13. The summed E-state index contributed by atoms with van der Waals surface area (Å²) in [5, 5.41) is 10.9. The van der Waals surface area contributed by atoms with E-state index in [4.69, 9.17) is 24.1 Å². The maximum Gasteiger partial charge on any atom is 0.306 e. The van der Waals surface area contributed by atoms with Crippen LogP contribution in [0.1, 0.15) is 72.2 Å². The maximum absolute atomic E-state index is 12.7. The number of carboxylic acid groups (broad SMARTS) is 1. The monoisotopic (exact) mass is 654 g/mol. The molecule has 0 aliphatic heterocycles. The number of unbranched alkanes of at least 4 members (excludes halogenated alkanes) is 2. The fourth-order valence-electron chi connectivity index (χ4n) is 4.65. The van der Waals surface area contributed by atoms with Gasteiger partial charge in [-0.1, -0.05) is 13.8 Å². The van der Waals surface area contributed by atoms with Gasteiger partial charge in [-0.15, -0.1) is 22.7 Å². The number of Topliss-reactive ketones (excluding diaryl/α,β-unsaturated/α-hetero) is 3. The second kappa shape index (κ2) is 15.4. The van der Waals surface area contributed by atoms with E-state index in [1.165, 1.54) is 36.5 Å². The SMILES string of the molecule is COc1cc2sc(C(=O)C[C@H](C)C(C)=O)cc2cc1OCCCCCOc1cc2sc(C(=O)C[C@H](C)C(=O)O)cc2cc1OC. The first kappa shape index (κ1) is 33.9. The summed E-state index contributed by atoms with van der Waals surface area (Å²) in [5.41, 5.74) is 0. The van der Waals surface area contributed by atoms with Gasteiger partial charge in [-0.2, -0.15) is 0 Å². The zero-order valence-corrected chi connectivity index (χ0v) is 27.7. The van der Waals surface area contributed by atoms with E-state index in [-0.39, 0.29) is 36.1 Å². The Balaban J connectivity index is 1.28. The second-order valence-corrected chi connectivity index (χ2v) is 13.2. The van der Waals surface area contributed by atoms with E-state index in [1.54, 1.807) is 27.2 Å². The van der Waals surface area contributed by atoms with E-state index in [1.807, 2.05) is 30.3 Å². The summed E-state index contributed by atoms with van der Waals surface area (Å²) < 4.78 is 24.9. The molecule has 0 saturated heterocycles. The normalized spacial score (nSPS) is 12.6. The van der Waals surface area contributed by atoms with Crippen LogP contribution in [0.25, 0.3) is 20.2 Å². The molecule has 0 amide bonds. The molecule has 0 saturated carbocycles. The van der Waals surface area contributed by atoms with E-state index < -0.39 is 11.9 Å². The summed E-state index contributed by atoms with van der Waals surface area (Å²) in [6, 6.07) is 11.1. The minimum atomic E-state index is -0.991. The van der Waals surface area contributed by atoms with Gasteiger partial charge in [-0.3, -0.25) is 19.2 Å². The fourth-order valence-corrected chi connectivity index (χ4v) is 6.69. The number of rotatable bonds is 18. The van der Waals surface area contributed by atoms with Crippen LogP contribution < -0.4 is 18.9 Å². The fraction of sp³-hybridized carbons (Fsp3) is 0.412. The number of hydrogen-bond acceptors (Lipinski definition) is 10. The third-order valence-electron chi connectivity index (χ3n) is 7.56. The molecule has 2 aromatic heterocycles. The molecule has 1 N–H and O–H groups in total. The number of ketones is 3. The van der Waals surface area contributed by atoms with Crippen LogP contribution in [0, 0.1) is 11.8 Å².